The van der Waals surface area contributed by atoms with E-state index in [4.69, 9.17) is 9.47 Å². The Morgan fingerprint density at radius 3 is 2.27 bits per heavy atom. The molecule has 0 spiro atoms. The van der Waals surface area contributed by atoms with E-state index in [1.165, 1.54) is 56.9 Å². The molecule has 0 bridgehead atoms. The lowest BCUT2D eigenvalue weighted by Gasteiger charge is -2.32. The van der Waals surface area contributed by atoms with E-state index in [1.54, 1.807) is 0 Å². The third kappa shape index (κ3) is 9.10. The van der Waals surface area contributed by atoms with Gasteiger partial charge in [0.1, 0.15) is 11.9 Å². The number of benzene rings is 1. The van der Waals surface area contributed by atoms with Crippen molar-refractivity contribution in [1.29, 1.82) is 0 Å². The predicted octanol–water partition coefficient (Wildman–Crippen LogP) is 7.96. The Labute approximate surface area is 184 Å². The van der Waals surface area contributed by atoms with E-state index in [0.717, 1.165) is 37.9 Å². The number of carbonyl (C=O) groups excluding carboxylic acids is 1. The van der Waals surface area contributed by atoms with Crippen molar-refractivity contribution in [1.82, 2.24) is 0 Å². The summed E-state index contributed by atoms with van der Waals surface area (Å²) in [4.78, 5) is 12.5. The lowest BCUT2D eigenvalue weighted by Crippen LogP contribution is -2.29. The second-order valence-corrected chi connectivity index (χ2v) is 9.20. The average Bonchev–Trinajstić information content (AvgIpc) is 2.73. The molecule has 0 saturated heterocycles. The van der Waals surface area contributed by atoms with Gasteiger partial charge in [-0.2, -0.15) is 0 Å². The molecule has 170 valence electrons. The molecule has 1 aliphatic rings. The van der Waals surface area contributed by atoms with Gasteiger partial charge in [-0.15, -0.1) is 0 Å². The van der Waals surface area contributed by atoms with E-state index < -0.39 is 0 Å². The van der Waals surface area contributed by atoms with Gasteiger partial charge in [-0.3, -0.25) is 4.79 Å². The highest BCUT2D eigenvalue weighted by molar-refractivity contribution is 5.69. The Morgan fingerprint density at radius 1 is 0.933 bits per heavy atom. The quantitative estimate of drug-likeness (QED) is 0.228. The fourth-order valence-electron chi connectivity index (χ4n) is 4.55. The summed E-state index contributed by atoms with van der Waals surface area (Å²) in [6, 6.07) is 8.28. The summed E-state index contributed by atoms with van der Waals surface area (Å²) >= 11 is 0. The second kappa shape index (κ2) is 14.5. The van der Waals surface area contributed by atoms with Gasteiger partial charge in [0.05, 0.1) is 6.10 Å². The summed E-state index contributed by atoms with van der Waals surface area (Å²) in [6.45, 7) is 6.37. The normalized spacial score (nSPS) is 19.1. The molecular weight excluding hydrogens is 372 g/mol. The monoisotopic (exact) mass is 416 g/mol. The summed E-state index contributed by atoms with van der Waals surface area (Å²) in [5.41, 5.74) is 1.20. The number of unbranched alkanes of at least 4 members (excludes halogenated alkanes) is 8. The molecule has 1 aromatic rings. The van der Waals surface area contributed by atoms with E-state index >= 15 is 0 Å². The third-order valence-corrected chi connectivity index (χ3v) is 6.15. The Morgan fingerprint density at radius 2 is 1.57 bits per heavy atom. The first-order chi connectivity index (χ1) is 14.6. The lowest BCUT2D eigenvalue weighted by molar-refractivity contribution is -0.151. The molecule has 0 aliphatic heterocycles. The second-order valence-electron chi connectivity index (χ2n) is 9.20. The van der Waals surface area contributed by atoms with E-state index in [1.807, 2.05) is 12.1 Å². The van der Waals surface area contributed by atoms with Crippen LogP contribution in [0.4, 0.5) is 0 Å². The maximum atomic E-state index is 12.5. The number of hydrogen-bond acceptors (Lipinski definition) is 3. The third-order valence-electron chi connectivity index (χ3n) is 6.15. The van der Waals surface area contributed by atoms with Crippen LogP contribution >= 0.6 is 0 Å². The van der Waals surface area contributed by atoms with E-state index in [0.29, 0.717) is 6.42 Å². The van der Waals surface area contributed by atoms with Crippen LogP contribution in [0.1, 0.15) is 122 Å². The van der Waals surface area contributed by atoms with Crippen LogP contribution in [0.15, 0.2) is 24.3 Å². The molecule has 3 nitrogen and oxygen atoms in total. The SMILES string of the molecule is CCCCCCCCCCCC(=O)OC1CCCCC1c1ccccc1OC(C)C. The first kappa shape index (κ1) is 24.8. The van der Waals surface area contributed by atoms with Gasteiger partial charge in [0.25, 0.3) is 0 Å². The van der Waals surface area contributed by atoms with Gasteiger partial charge >= 0.3 is 5.97 Å². The summed E-state index contributed by atoms with van der Waals surface area (Å²) in [6.07, 6.45) is 16.4. The minimum atomic E-state index is -0.0166. The molecule has 0 N–H and O–H groups in total. The summed E-state index contributed by atoms with van der Waals surface area (Å²) in [5.74, 6) is 1.18. The van der Waals surface area contributed by atoms with Gasteiger partial charge < -0.3 is 9.47 Å². The largest absolute Gasteiger partial charge is 0.491 e. The minimum absolute atomic E-state index is 0.0123. The summed E-state index contributed by atoms with van der Waals surface area (Å²) in [7, 11) is 0. The van der Waals surface area contributed by atoms with Gasteiger partial charge in [-0.25, -0.2) is 0 Å². The Bertz CT molecular complexity index is 596. The molecule has 0 heterocycles. The molecule has 0 aromatic heterocycles. The highest BCUT2D eigenvalue weighted by Crippen LogP contribution is 2.39. The van der Waals surface area contributed by atoms with E-state index in [9.17, 15) is 4.79 Å². The molecule has 0 radical (unpaired) electrons. The molecule has 3 heteroatoms. The predicted molar refractivity (Wildman–Crippen MR) is 125 cm³/mol. The first-order valence-electron chi connectivity index (χ1n) is 12.6. The van der Waals surface area contributed by atoms with Gasteiger partial charge in [-0.05, 0) is 45.6 Å². The van der Waals surface area contributed by atoms with Crippen molar-refractivity contribution >= 4 is 5.97 Å². The molecule has 1 fully saturated rings. The zero-order chi connectivity index (χ0) is 21.6. The number of hydrogen-bond donors (Lipinski definition) is 0. The van der Waals surface area contributed by atoms with Crippen molar-refractivity contribution in [3.63, 3.8) is 0 Å². The zero-order valence-corrected chi connectivity index (χ0v) is 19.7. The van der Waals surface area contributed by atoms with Crippen molar-refractivity contribution in [2.75, 3.05) is 0 Å². The molecular formula is C27H44O3. The van der Waals surface area contributed by atoms with Gasteiger partial charge in [-0.1, -0.05) is 82.9 Å². The van der Waals surface area contributed by atoms with Crippen LogP contribution in [0.25, 0.3) is 0 Å². The first-order valence-corrected chi connectivity index (χ1v) is 12.6. The molecule has 1 saturated carbocycles. The molecule has 1 aromatic carbocycles. The van der Waals surface area contributed by atoms with Crippen LogP contribution in [0.2, 0.25) is 0 Å². The van der Waals surface area contributed by atoms with Crippen LogP contribution in [0.3, 0.4) is 0 Å². The molecule has 2 atom stereocenters. The van der Waals surface area contributed by atoms with Crippen molar-refractivity contribution in [3.8, 4) is 5.75 Å². The Kier molecular flexibility index (Phi) is 12.0. The van der Waals surface area contributed by atoms with Crippen molar-refractivity contribution in [2.24, 2.45) is 0 Å². The highest BCUT2D eigenvalue weighted by atomic mass is 16.5. The molecule has 2 rings (SSSR count). The van der Waals surface area contributed by atoms with Crippen molar-refractivity contribution in [3.05, 3.63) is 29.8 Å². The molecule has 2 unspecified atom stereocenters. The lowest BCUT2D eigenvalue weighted by atomic mass is 9.81. The number of para-hydroxylation sites is 1. The van der Waals surface area contributed by atoms with Crippen LogP contribution in [-0.2, 0) is 9.53 Å². The van der Waals surface area contributed by atoms with Crippen LogP contribution in [0.5, 0.6) is 5.75 Å². The average molecular weight is 417 g/mol. The summed E-state index contributed by atoms with van der Waals surface area (Å²) in [5, 5.41) is 0. The number of ether oxygens (including phenoxy) is 2. The van der Waals surface area contributed by atoms with Gasteiger partial charge in [0.15, 0.2) is 0 Å². The number of rotatable bonds is 14. The van der Waals surface area contributed by atoms with Crippen LogP contribution in [0, 0.1) is 0 Å². The Balaban J connectivity index is 1.76. The highest BCUT2D eigenvalue weighted by Gasteiger charge is 2.31. The van der Waals surface area contributed by atoms with Crippen LogP contribution in [-0.4, -0.2) is 18.2 Å². The molecule has 30 heavy (non-hydrogen) atoms. The summed E-state index contributed by atoms with van der Waals surface area (Å²) < 4.78 is 12.0. The smallest absolute Gasteiger partial charge is 0.306 e. The number of carbonyl (C=O) groups is 1. The van der Waals surface area contributed by atoms with Crippen LogP contribution < -0.4 is 4.74 Å². The maximum Gasteiger partial charge on any atom is 0.306 e. The topological polar surface area (TPSA) is 35.5 Å². The molecule has 0 amide bonds. The minimum Gasteiger partial charge on any atom is -0.491 e. The maximum absolute atomic E-state index is 12.5. The van der Waals surface area contributed by atoms with Gasteiger partial charge in [0, 0.05) is 17.9 Å². The fourth-order valence-corrected chi connectivity index (χ4v) is 4.55. The zero-order valence-electron chi connectivity index (χ0n) is 19.7. The van der Waals surface area contributed by atoms with Crippen molar-refractivity contribution < 1.29 is 14.3 Å². The Hall–Kier alpha value is -1.51. The van der Waals surface area contributed by atoms with Crippen molar-refractivity contribution in [2.45, 2.75) is 129 Å². The van der Waals surface area contributed by atoms with E-state index in [2.05, 4.69) is 32.9 Å². The standard InChI is InChI=1S/C27H44O3/c1-4-5-6-7-8-9-10-11-12-21-27(28)30-26-20-16-14-18-24(26)23-17-13-15-19-25(23)29-22(2)3/h13,15,17,19,22,24,26H,4-12,14,16,18,20-21H2,1-3H3. The molecule has 1 aliphatic carbocycles. The number of esters is 1. The fraction of sp³-hybridized carbons (Fsp3) is 0.741. The van der Waals surface area contributed by atoms with E-state index in [-0.39, 0.29) is 24.1 Å². The van der Waals surface area contributed by atoms with Gasteiger partial charge in [0.2, 0.25) is 0 Å².